The average molecular weight is 666 g/mol. The van der Waals surface area contributed by atoms with Crippen molar-refractivity contribution < 1.29 is 40.0 Å². The van der Waals surface area contributed by atoms with Crippen LogP contribution in [0.25, 0.3) is 0 Å². The van der Waals surface area contributed by atoms with E-state index in [2.05, 4.69) is 5.32 Å². The zero-order valence-corrected chi connectivity index (χ0v) is 29.5. The van der Waals surface area contributed by atoms with Crippen LogP contribution in [0, 0.1) is 40.9 Å². The van der Waals surface area contributed by atoms with Crippen LogP contribution in [-0.2, 0) is 14.3 Å². The summed E-state index contributed by atoms with van der Waals surface area (Å²) in [7, 11) is 3.24. The van der Waals surface area contributed by atoms with Crippen molar-refractivity contribution in [1.82, 2.24) is 0 Å². The Balaban J connectivity index is 1.40. The molecule has 5 fully saturated rings. The second kappa shape index (κ2) is 17.5. The highest BCUT2D eigenvalue weighted by molar-refractivity contribution is 5.82. The van der Waals surface area contributed by atoms with Gasteiger partial charge < -0.3 is 35.2 Å². The van der Waals surface area contributed by atoms with E-state index >= 15 is 0 Å². The Hall–Kier alpha value is -0.650. The van der Waals surface area contributed by atoms with Crippen LogP contribution in [0.4, 0.5) is 0 Å². The summed E-state index contributed by atoms with van der Waals surface area (Å²) in [6.07, 6.45) is 15.4. The molecule has 9 heteroatoms. The van der Waals surface area contributed by atoms with Gasteiger partial charge in [0, 0.05) is 39.4 Å². The third-order valence-corrected chi connectivity index (χ3v) is 13.9. The number of hydrogen-bond donors (Lipinski definition) is 6. The molecule has 0 amide bonds. The summed E-state index contributed by atoms with van der Waals surface area (Å²) in [5, 5.41) is 46.0. The lowest BCUT2D eigenvalue weighted by atomic mass is 9.53. The van der Waals surface area contributed by atoms with Crippen molar-refractivity contribution in [2.45, 2.75) is 171 Å². The number of hydrogen-bond acceptors (Lipinski definition) is 8. The van der Waals surface area contributed by atoms with E-state index in [1.807, 2.05) is 0 Å². The van der Waals surface area contributed by atoms with Gasteiger partial charge in [0.25, 0.3) is 0 Å². The number of aliphatic hydroxyl groups excluding tert-OH is 4. The maximum Gasteiger partial charge on any atom is 0.139 e. The Bertz CT molecular complexity index is 964. The first-order valence-electron chi connectivity index (χ1n) is 19.6. The second-order valence-corrected chi connectivity index (χ2v) is 16.7. The Morgan fingerprint density at radius 2 is 1.57 bits per heavy atom. The Kier molecular flexibility index (Phi) is 14.0. The number of ether oxygens (including phenoxy) is 2. The molecule has 13 atom stereocenters. The minimum absolute atomic E-state index is 0.0372. The molecule has 5 rings (SSSR count). The quantitative estimate of drug-likeness (QED) is 0.165. The van der Waals surface area contributed by atoms with Gasteiger partial charge in [-0.05, 0) is 106 Å². The molecule has 8 N–H and O–H groups in total. The molecule has 47 heavy (non-hydrogen) atoms. The van der Waals surface area contributed by atoms with Crippen molar-refractivity contribution in [2.75, 3.05) is 20.8 Å². The van der Waals surface area contributed by atoms with Gasteiger partial charge in [-0.25, -0.2) is 0 Å². The normalized spacial score (nSPS) is 41.9. The average Bonchev–Trinajstić information content (AvgIpc) is 3.48. The lowest BCUT2D eigenvalue weighted by Gasteiger charge is -2.51. The monoisotopic (exact) mass is 666 g/mol. The Morgan fingerprint density at radius 3 is 2.30 bits per heavy atom. The minimum atomic E-state index is -0.894. The first-order valence-corrected chi connectivity index (χ1v) is 19.6. The lowest BCUT2D eigenvalue weighted by molar-refractivity contribution is -0.700. The third-order valence-electron chi connectivity index (χ3n) is 13.9. The van der Waals surface area contributed by atoms with E-state index in [4.69, 9.17) is 15.2 Å². The van der Waals surface area contributed by atoms with Gasteiger partial charge in [0.15, 0.2) is 0 Å². The molecule has 0 aromatic heterocycles. The van der Waals surface area contributed by atoms with E-state index in [9.17, 15) is 25.2 Å². The molecule has 4 aliphatic carbocycles. The minimum Gasteiger partial charge on any atom is -0.392 e. The number of nitrogens with two attached hydrogens (primary N) is 2. The molecule has 0 radical (unpaired) electrons. The third kappa shape index (κ3) is 8.99. The van der Waals surface area contributed by atoms with E-state index < -0.39 is 36.4 Å². The summed E-state index contributed by atoms with van der Waals surface area (Å²) in [6, 6.07) is 0. The van der Waals surface area contributed by atoms with Crippen LogP contribution in [0.5, 0.6) is 0 Å². The fourth-order valence-electron chi connectivity index (χ4n) is 11.5. The molecule has 272 valence electrons. The molecule has 0 aromatic rings. The fraction of sp³-hybridized carbons (Fsp3) is 0.974. The smallest absolute Gasteiger partial charge is 0.139 e. The van der Waals surface area contributed by atoms with E-state index in [0.29, 0.717) is 55.8 Å². The summed E-state index contributed by atoms with van der Waals surface area (Å²) in [4.78, 5) is 14.9. The summed E-state index contributed by atoms with van der Waals surface area (Å²) >= 11 is 0. The molecule has 0 bridgehead atoms. The number of rotatable bonds is 14. The van der Waals surface area contributed by atoms with Crippen LogP contribution in [0.3, 0.4) is 0 Å². The van der Waals surface area contributed by atoms with E-state index in [-0.39, 0.29) is 29.4 Å². The number of methoxy groups -OCH3 is 2. The van der Waals surface area contributed by atoms with Crippen molar-refractivity contribution >= 4 is 5.78 Å². The maximum atomic E-state index is 14.9. The van der Waals surface area contributed by atoms with Gasteiger partial charge >= 0.3 is 0 Å². The molecule has 9 nitrogen and oxygen atoms in total. The van der Waals surface area contributed by atoms with E-state index in [1.54, 1.807) is 14.2 Å². The first-order chi connectivity index (χ1) is 22.7. The van der Waals surface area contributed by atoms with Gasteiger partial charge in [0.05, 0.1) is 37.1 Å². The fourth-order valence-corrected chi connectivity index (χ4v) is 11.5. The van der Waals surface area contributed by atoms with Crippen LogP contribution in [0.15, 0.2) is 0 Å². The van der Waals surface area contributed by atoms with Crippen LogP contribution in [0.1, 0.15) is 128 Å². The number of aliphatic hydroxyl groups is 4. The largest absolute Gasteiger partial charge is 0.392 e. The molecule has 1 saturated heterocycles. The predicted octanol–water partition coefficient (Wildman–Crippen LogP) is 3.43. The summed E-state index contributed by atoms with van der Waals surface area (Å²) < 4.78 is 11.1. The number of ketones is 1. The molecular weight excluding hydrogens is 596 g/mol. The maximum absolute atomic E-state index is 14.9. The van der Waals surface area contributed by atoms with Gasteiger partial charge in [0.1, 0.15) is 18.1 Å². The summed E-state index contributed by atoms with van der Waals surface area (Å²) in [5.74, 6) is 1.70. The van der Waals surface area contributed by atoms with Gasteiger partial charge in [-0.3, -0.25) is 10.5 Å². The van der Waals surface area contributed by atoms with Crippen molar-refractivity contribution in [3.63, 3.8) is 0 Å². The molecule has 9 unspecified atom stereocenters. The number of Topliss-reactive ketones (excluding diaryl/α,β-unsaturated/α-hetero) is 1. The van der Waals surface area contributed by atoms with Gasteiger partial charge in [-0.2, -0.15) is 0 Å². The molecule has 1 aliphatic heterocycles. The van der Waals surface area contributed by atoms with E-state index in [1.165, 1.54) is 38.5 Å². The lowest BCUT2D eigenvalue weighted by Crippen LogP contribution is -2.95. The summed E-state index contributed by atoms with van der Waals surface area (Å²) in [6.45, 7) is 0.976. The number of quaternary nitrogens is 1. The highest BCUT2D eigenvalue weighted by Crippen LogP contribution is 2.60. The number of piperidine rings is 1. The van der Waals surface area contributed by atoms with Crippen LogP contribution in [-0.4, -0.2) is 89.8 Å². The highest BCUT2D eigenvalue weighted by atomic mass is 16.5. The highest BCUT2D eigenvalue weighted by Gasteiger charge is 2.58. The Morgan fingerprint density at radius 1 is 0.830 bits per heavy atom. The number of carbonyl (C=O) groups is 1. The van der Waals surface area contributed by atoms with Crippen LogP contribution < -0.4 is 11.1 Å². The van der Waals surface area contributed by atoms with Gasteiger partial charge in [0.2, 0.25) is 0 Å². The number of carbonyl (C=O) groups excluding carboxylic acids is 1. The molecule has 0 aromatic carbocycles. The Labute approximate surface area is 284 Å². The van der Waals surface area contributed by atoms with E-state index in [0.717, 1.165) is 64.3 Å². The molecule has 4 saturated carbocycles. The predicted molar refractivity (Wildman–Crippen MR) is 181 cm³/mol. The molecular formula is C38H69N2O7+. The molecule has 5 aliphatic rings. The van der Waals surface area contributed by atoms with Gasteiger partial charge in [-0.15, -0.1) is 0 Å². The van der Waals surface area contributed by atoms with Gasteiger partial charge in [-0.1, -0.05) is 38.5 Å². The topological polar surface area (TPSA) is 159 Å². The van der Waals surface area contributed by atoms with Crippen LogP contribution in [0.2, 0.25) is 0 Å². The van der Waals surface area contributed by atoms with Crippen molar-refractivity contribution in [2.24, 2.45) is 46.7 Å². The van der Waals surface area contributed by atoms with Crippen molar-refractivity contribution in [1.29, 1.82) is 0 Å². The zero-order chi connectivity index (χ0) is 33.6. The molecule has 1 heterocycles. The summed E-state index contributed by atoms with van der Waals surface area (Å²) in [5.41, 5.74) is 6.40. The van der Waals surface area contributed by atoms with Crippen molar-refractivity contribution in [3.05, 3.63) is 0 Å². The second-order valence-electron chi connectivity index (χ2n) is 16.7. The SMILES string of the molecule is COC1CC(CC[C@@H](O)[C@H](C(=O)CCC2CC(O)C(O)C(OC)C2)[C@@]2(C3CC[NH2+]C(N)C3)CCC[C@H]2CC2CCCCC2)CCC1O. The van der Waals surface area contributed by atoms with Crippen LogP contribution >= 0.6 is 0 Å². The zero-order valence-electron chi connectivity index (χ0n) is 29.5. The molecule has 0 spiro atoms. The standard InChI is InChI=1S/C38H68N2O7/c1-46-33-21-25(10-13-29(33)41)11-14-30(42)36(31(43)15-12-26-20-32(44)37(45)34(22-26)47-2)38(28-16-18-40-35(39)23-28)17-6-9-27(38)19-24-7-4-3-5-8-24/h24-30,32-37,40-42,44-45H,3-23,39H2,1-2H3/p+1/t25?,26?,27-,28?,29?,30+,32?,33?,34?,35?,36+,37?,38-/m0/s1. The first kappa shape index (κ1) is 37.6. The van der Waals surface area contributed by atoms with Crippen molar-refractivity contribution in [3.8, 4) is 0 Å².